The van der Waals surface area contributed by atoms with E-state index in [0.717, 1.165) is 16.7 Å². The molecule has 1 saturated heterocycles. The molecule has 1 amide bonds. The van der Waals surface area contributed by atoms with Crippen LogP contribution in [0.3, 0.4) is 0 Å². The van der Waals surface area contributed by atoms with E-state index in [2.05, 4.69) is 0 Å². The first-order chi connectivity index (χ1) is 13.4. The number of carbonyl (C=O) groups excluding carboxylic acids is 2. The molecule has 28 heavy (non-hydrogen) atoms. The number of para-hydroxylation sites is 1. The molecule has 2 aromatic rings. The minimum Gasteiger partial charge on any atom is -0.342 e. The number of benzene rings is 2. The van der Waals surface area contributed by atoms with Gasteiger partial charge in [0, 0.05) is 36.2 Å². The van der Waals surface area contributed by atoms with E-state index in [0.29, 0.717) is 31.5 Å². The number of rotatable bonds is 5. The maximum Gasteiger partial charge on any atom is 0.273 e. The van der Waals surface area contributed by atoms with Crippen LogP contribution in [0.25, 0.3) is 0 Å². The zero-order chi connectivity index (χ0) is 20.3. The number of carbonyl (C=O) groups is 2. The number of likely N-dealkylation sites (tertiary alicyclic amines) is 1. The molecule has 3 rings (SSSR count). The van der Waals surface area contributed by atoms with Crippen molar-refractivity contribution in [2.24, 2.45) is 5.92 Å². The zero-order valence-electron chi connectivity index (χ0n) is 16.2. The van der Waals surface area contributed by atoms with Gasteiger partial charge in [0.05, 0.1) is 11.3 Å². The van der Waals surface area contributed by atoms with Crippen molar-refractivity contribution in [3.63, 3.8) is 0 Å². The van der Waals surface area contributed by atoms with Crippen molar-refractivity contribution in [1.82, 2.24) is 4.90 Å². The normalized spacial score (nSPS) is 14.7. The predicted molar refractivity (Wildman–Crippen MR) is 106 cm³/mol. The van der Waals surface area contributed by atoms with Gasteiger partial charge in [-0.3, -0.25) is 19.7 Å². The lowest BCUT2D eigenvalue weighted by Crippen LogP contribution is -2.41. The van der Waals surface area contributed by atoms with Crippen molar-refractivity contribution < 1.29 is 14.5 Å². The van der Waals surface area contributed by atoms with Crippen molar-refractivity contribution in [3.8, 4) is 0 Å². The third-order valence-electron chi connectivity index (χ3n) is 5.40. The maximum atomic E-state index is 12.8. The Labute approximate surface area is 164 Å². The first-order valence-corrected chi connectivity index (χ1v) is 9.48. The number of hydrogen-bond donors (Lipinski definition) is 0. The molecule has 1 aliphatic rings. The van der Waals surface area contributed by atoms with Crippen LogP contribution in [0.15, 0.2) is 42.5 Å². The Morgan fingerprint density at radius 3 is 2.43 bits per heavy atom. The van der Waals surface area contributed by atoms with Gasteiger partial charge in [0.25, 0.3) is 5.69 Å². The van der Waals surface area contributed by atoms with Crippen LogP contribution in [-0.4, -0.2) is 34.6 Å². The largest absolute Gasteiger partial charge is 0.342 e. The number of hydrogen-bond acceptors (Lipinski definition) is 4. The molecule has 0 radical (unpaired) electrons. The Hall–Kier alpha value is -3.02. The summed E-state index contributed by atoms with van der Waals surface area (Å²) < 4.78 is 0. The molecule has 0 atom stereocenters. The quantitative estimate of drug-likeness (QED) is 0.448. The molecular weight excluding hydrogens is 356 g/mol. The molecule has 1 heterocycles. The van der Waals surface area contributed by atoms with Crippen LogP contribution in [0.2, 0.25) is 0 Å². The van der Waals surface area contributed by atoms with Crippen molar-refractivity contribution in [2.75, 3.05) is 13.1 Å². The summed E-state index contributed by atoms with van der Waals surface area (Å²) in [5.74, 6) is -0.0773. The number of piperidine rings is 1. The average Bonchev–Trinajstić information content (AvgIpc) is 2.68. The fraction of sp³-hybridized carbons (Fsp3) is 0.364. The second kappa shape index (κ2) is 8.33. The van der Waals surface area contributed by atoms with E-state index in [1.165, 1.54) is 6.07 Å². The number of Topliss-reactive ketones (excluding diaryl/α,β-unsaturated/α-hetero) is 1. The lowest BCUT2D eigenvalue weighted by Gasteiger charge is -2.31. The first kappa shape index (κ1) is 19.7. The van der Waals surface area contributed by atoms with Gasteiger partial charge in [-0.05, 0) is 32.3 Å². The van der Waals surface area contributed by atoms with Gasteiger partial charge in [-0.15, -0.1) is 0 Å². The molecule has 146 valence electrons. The summed E-state index contributed by atoms with van der Waals surface area (Å²) in [4.78, 5) is 37.8. The molecule has 0 spiro atoms. The van der Waals surface area contributed by atoms with E-state index in [1.54, 1.807) is 23.1 Å². The standard InChI is InChI=1S/C22H24N2O4/c1-15-7-8-19(16(2)13-15)22(26)17-9-11-23(12-10-17)21(25)14-18-5-3-4-6-20(18)24(27)28/h3-8,13,17H,9-12,14H2,1-2H3. The van der Waals surface area contributed by atoms with Crippen molar-refractivity contribution in [3.05, 3.63) is 74.8 Å². The average molecular weight is 380 g/mol. The first-order valence-electron chi connectivity index (χ1n) is 9.48. The van der Waals surface area contributed by atoms with E-state index in [1.807, 2.05) is 32.0 Å². The lowest BCUT2D eigenvalue weighted by molar-refractivity contribution is -0.385. The van der Waals surface area contributed by atoms with Gasteiger partial charge in [0.1, 0.15) is 0 Å². The Kier molecular flexibility index (Phi) is 5.87. The van der Waals surface area contributed by atoms with Gasteiger partial charge < -0.3 is 4.90 Å². The minimum atomic E-state index is -0.461. The second-order valence-corrected chi connectivity index (χ2v) is 7.40. The Morgan fingerprint density at radius 1 is 1.11 bits per heavy atom. The molecular formula is C22H24N2O4. The fourth-order valence-corrected chi connectivity index (χ4v) is 3.81. The highest BCUT2D eigenvalue weighted by atomic mass is 16.6. The summed E-state index contributed by atoms with van der Waals surface area (Å²) in [7, 11) is 0. The summed E-state index contributed by atoms with van der Waals surface area (Å²) in [5.41, 5.74) is 3.27. The molecule has 0 saturated carbocycles. The van der Waals surface area contributed by atoms with Gasteiger partial charge in [0.2, 0.25) is 5.91 Å². The van der Waals surface area contributed by atoms with Gasteiger partial charge in [-0.2, -0.15) is 0 Å². The maximum absolute atomic E-state index is 12.8. The molecule has 6 heteroatoms. The topological polar surface area (TPSA) is 80.5 Å². The lowest BCUT2D eigenvalue weighted by atomic mass is 9.87. The number of nitro benzene ring substituents is 1. The molecule has 2 aromatic carbocycles. The van der Waals surface area contributed by atoms with Gasteiger partial charge in [-0.1, -0.05) is 42.0 Å². The number of ketones is 1. The number of nitro groups is 1. The van der Waals surface area contributed by atoms with Crippen LogP contribution in [0.1, 0.15) is 39.9 Å². The monoisotopic (exact) mass is 380 g/mol. The third-order valence-corrected chi connectivity index (χ3v) is 5.40. The van der Waals surface area contributed by atoms with Crippen molar-refractivity contribution >= 4 is 17.4 Å². The molecule has 0 aromatic heterocycles. The molecule has 0 unspecified atom stereocenters. The van der Waals surface area contributed by atoms with Crippen LogP contribution < -0.4 is 0 Å². The SMILES string of the molecule is Cc1ccc(C(=O)C2CCN(C(=O)Cc3ccccc3[N+](=O)[O-])CC2)c(C)c1. The van der Waals surface area contributed by atoms with E-state index in [4.69, 9.17) is 0 Å². The molecule has 0 N–H and O–H groups in total. The molecule has 6 nitrogen and oxygen atoms in total. The van der Waals surface area contributed by atoms with Crippen LogP contribution in [0, 0.1) is 29.9 Å². The highest BCUT2D eigenvalue weighted by Crippen LogP contribution is 2.25. The third kappa shape index (κ3) is 4.27. The van der Waals surface area contributed by atoms with Gasteiger partial charge in [0.15, 0.2) is 5.78 Å². The highest BCUT2D eigenvalue weighted by molar-refractivity contribution is 5.99. The van der Waals surface area contributed by atoms with Crippen LogP contribution >= 0.6 is 0 Å². The highest BCUT2D eigenvalue weighted by Gasteiger charge is 2.29. The summed E-state index contributed by atoms with van der Waals surface area (Å²) in [6, 6.07) is 12.2. The smallest absolute Gasteiger partial charge is 0.273 e. The number of nitrogens with zero attached hydrogens (tertiary/aromatic N) is 2. The summed E-state index contributed by atoms with van der Waals surface area (Å²) in [6.45, 7) is 4.95. The van der Waals surface area contributed by atoms with Crippen LogP contribution in [0.4, 0.5) is 5.69 Å². The molecule has 0 bridgehead atoms. The summed E-state index contributed by atoms with van der Waals surface area (Å²) >= 11 is 0. The zero-order valence-corrected chi connectivity index (χ0v) is 16.2. The van der Waals surface area contributed by atoms with Gasteiger partial charge in [-0.25, -0.2) is 0 Å². The predicted octanol–water partition coefficient (Wildman–Crippen LogP) is 3.88. The van der Waals surface area contributed by atoms with Crippen molar-refractivity contribution in [2.45, 2.75) is 33.1 Å². The van der Waals surface area contributed by atoms with E-state index < -0.39 is 4.92 Å². The van der Waals surface area contributed by atoms with E-state index in [9.17, 15) is 19.7 Å². The number of aryl methyl sites for hydroxylation is 2. The Morgan fingerprint density at radius 2 is 1.79 bits per heavy atom. The van der Waals surface area contributed by atoms with E-state index >= 15 is 0 Å². The minimum absolute atomic E-state index is 0.00678. The van der Waals surface area contributed by atoms with Crippen molar-refractivity contribution in [1.29, 1.82) is 0 Å². The fourth-order valence-electron chi connectivity index (χ4n) is 3.81. The Balaban J connectivity index is 1.61. The van der Waals surface area contributed by atoms with Gasteiger partial charge >= 0.3 is 0 Å². The van der Waals surface area contributed by atoms with E-state index in [-0.39, 0.29) is 29.7 Å². The molecule has 1 aliphatic heterocycles. The number of amides is 1. The Bertz CT molecular complexity index is 915. The van der Waals surface area contributed by atoms with Crippen LogP contribution in [-0.2, 0) is 11.2 Å². The molecule has 0 aliphatic carbocycles. The van der Waals surface area contributed by atoms with Crippen LogP contribution in [0.5, 0.6) is 0 Å². The summed E-state index contributed by atoms with van der Waals surface area (Å²) in [6.07, 6.45) is 1.25. The summed E-state index contributed by atoms with van der Waals surface area (Å²) in [5, 5.41) is 11.1. The second-order valence-electron chi connectivity index (χ2n) is 7.40. The molecule has 1 fully saturated rings.